The quantitative estimate of drug-likeness (QED) is 0.427. The molecule has 4 nitrogen and oxygen atoms in total. The summed E-state index contributed by atoms with van der Waals surface area (Å²) in [5.41, 5.74) is 0.765. The Morgan fingerprint density at radius 1 is 1.37 bits per heavy atom. The van der Waals surface area contributed by atoms with Gasteiger partial charge >= 0.3 is 0 Å². The lowest BCUT2D eigenvalue weighted by Crippen LogP contribution is -2.15. The first-order valence-corrected chi connectivity index (χ1v) is 8.05. The average molecular weight is 303 g/mol. The highest BCUT2D eigenvalue weighted by molar-refractivity contribution is 7.98. The molecule has 0 aliphatic carbocycles. The summed E-state index contributed by atoms with van der Waals surface area (Å²) in [6.07, 6.45) is 5.63. The molecule has 1 N–H and O–H groups in total. The highest BCUT2D eigenvalue weighted by Crippen LogP contribution is 2.22. The first-order valence-electron chi connectivity index (χ1n) is 6.27. The zero-order valence-electron chi connectivity index (χ0n) is 11.0. The van der Waals surface area contributed by atoms with Crippen molar-refractivity contribution in [1.82, 2.24) is 5.32 Å². The molecular formula is C13H19ClN2O2S. The summed E-state index contributed by atoms with van der Waals surface area (Å²) >= 11 is 7.63. The number of hydrogen-bond acceptors (Lipinski definition) is 4. The number of benzene rings is 1. The standard InChI is InChI=1S/C13H19ClN2O2S/c1-19-8-4-2-3-7-15-10-11-5-6-12(14)9-13(11)16(17)18/h5-6,9,15H,2-4,7-8,10H2,1H3. The molecule has 0 unspecified atom stereocenters. The van der Waals surface area contributed by atoms with Gasteiger partial charge in [-0.25, -0.2) is 0 Å². The van der Waals surface area contributed by atoms with Gasteiger partial charge in [0.25, 0.3) is 5.69 Å². The molecule has 0 amide bonds. The number of rotatable bonds is 9. The number of nitrogens with one attached hydrogen (secondary N) is 1. The maximum absolute atomic E-state index is 10.9. The third kappa shape index (κ3) is 6.27. The highest BCUT2D eigenvalue weighted by Gasteiger charge is 2.13. The van der Waals surface area contributed by atoms with Crippen LogP contribution >= 0.6 is 23.4 Å². The number of nitro groups is 1. The summed E-state index contributed by atoms with van der Waals surface area (Å²) in [5.74, 6) is 1.20. The van der Waals surface area contributed by atoms with Crippen LogP contribution in [0, 0.1) is 10.1 Å². The van der Waals surface area contributed by atoms with E-state index in [0.717, 1.165) is 13.0 Å². The second-order valence-electron chi connectivity index (χ2n) is 4.26. The number of nitro benzene ring substituents is 1. The van der Waals surface area contributed by atoms with Crippen LogP contribution in [0.2, 0.25) is 5.02 Å². The number of thioether (sulfide) groups is 1. The average Bonchev–Trinajstić information content (AvgIpc) is 2.39. The van der Waals surface area contributed by atoms with E-state index in [1.807, 2.05) is 11.8 Å². The largest absolute Gasteiger partial charge is 0.312 e. The van der Waals surface area contributed by atoms with Crippen molar-refractivity contribution in [2.75, 3.05) is 18.6 Å². The fourth-order valence-corrected chi connectivity index (χ4v) is 2.41. The van der Waals surface area contributed by atoms with Gasteiger partial charge in [0.05, 0.1) is 4.92 Å². The van der Waals surface area contributed by atoms with E-state index in [9.17, 15) is 10.1 Å². The lowest BCUT2D eigenvalue weighted by Gasteiger charge is -2.06. The van der Waals surface area contributed by atoms with E-state index in [1.165, 1.54) is 24.7 Å². The molecule has 0 aromatic heterocycles. The normalized spacial score (nSPS) is 10.6. The molecule has 0 fully saturated rings. The van der Waals surface area contributed by atoms with Crippen molar-refractivity contribution < 1.29 is 4.92 Å². The molecule has 0 saturated heterocycles. The predicted octanol–water partition coefficient (Wildman–Crippen LogP) is 3.87. The molecule has 106 valence electrons. The van der Waals surface area contributed by atoms with Crippen molar-refractivity contribution in [3.63, 3.8) is 0 Å². The highest BCUT2D eigenvalue weighted by atomic mass is 35.5. The molecule has 0 bridgehead atoms. The van der Waals surface area contributed by atoms with Gasteiger partial charge in [-0.3, -0.25) is 10.1 Å². The van der Waals surface area contributed by atoms with Crippen molar-refractivity contribution in [3.8, 4) is 0 Å². The predicted molar refractivity (Wildman–Crippen MR) is 82.0 cm³/mol. The molecule has 0 spiro atoms. The van der Waals surface area contributed by atoms with Gasteiger partial charge < -0.3 is 5.32 Å². The Morgan fingerprint density at radius 2 is 2.16 bits per heavy atom. The van der Waals surface area contributed by atoms with E-state index in [1.54, 1.807) is 12.1 Å². The molecule has 1 rings (SSSR count). The van der Waals surface area contributed by atoms with Gasteiger partial charge in [-0.05, 0) is 43.5 Å². The third-order valence-electron chi connectivity index (χ3n) is 2.76. The van der Waals surface area contributed by atoms with E-state index in [4.69, 9.17) is 11.6 Å². The molecule has 6 heteroatoms. The second kappa shape index (κ2) is 9.18. The Hall–Kier alpha value is -0.780. The molecule has 0 saturated carbocycles. The number of nitrogens with zero attached hydrogens (tertiary/aromatic N) is 1. The van der Waals surface area contributed by atoms with E-state index in [0.29, 0.717) is 17.1 Å². The molecule has 0 aliphatic heterocycles. The molecule has 19 heavy (non-hydrogen) atoms. The summed E-state index contributed by atoms with van der Waals surface area (Å²) in [5, 5.41) is 14.5. The van der Waals surface area contributed by atoms with Crippen molar-refractivity contribution >= 4 is 29.1 Å². The van der Waals surface area contributed by atoms with Crippen LogP contribution in [-0.4, -0.2) is 23.5 Å². The minimum Gasteiger partial charge on any atom is -0.312 e. The lowest BCUT2D eigenvalue weighted by molar-refractivity contribution is -0.385. The Morgan fingerprint density at radius 3 is 2.84 bits per heavy atom. The Bertz CT molecular complexity index is 416. The number of unbranched alkanes of at least 4 members (excludes halogenated alkanes) is 2. The summed E-state index contributed by atoms with van der Waals surface area (Å²) in [6, 6.07) is 4.79. The molecule has 0 radical (unpaired) electrons. The fraction of sp³-hybridized carbons (Fsp3) is 0.538. The molecular weight excluding hydrogens is 284 g/mol. The first kappa shape index (κ1) is 16.3. The van der Waals surface area contributed by atoms with Crippen molar-refractivity contribution in [2.45, 2.75) is 25.8 Å². The third-order valence-corrected chi connectivity index (χ3v) is 3.69. The Kier molecular flexibility index (Phi) is 7.86. The van der Waals surface area contributed by atoms with Gasteiger partial charge in [0.2, 0.25) is 0 Å². The maximum Gasteiger partial charge on any atom is 0.275 e. The van der Waals surface area contributed by atoms with Gasteiger partial charge in [0.1, 0.15) is 0 Å². The van der Waals surface area contributed by atoms with Crippen LogP contribution in [0.5, 0.6) is 0 Å². The summed E-state index contributed by atoms with van der Waals surface area (Å²) in [6.45, 7) is 1.39. The number of halogens is 1. The second-order valence-corrected chi connectivity index (χ2v) is 5.68. The molecule has 0 heterocycles. The Labute approximate surface area is 123 Å². The van der Waals surface area contributed by atoms with Crippen molar-refractivity contribution in [3.05, 3.63) is 38.9 Å². The van der Waals surface area contributed by atoms with Crippen molar-refractivity contribution in [1.29, 1.82) is 0 Å². The van der Waals surface area contributed by atoms with Crippen LogP contribution in [0.15, 0.2) is 18.2 Å². The minimum absolute atomic E-state index is 0.0855. The monoisotopic (exact) mass is 302 g/mol. The molecule has 1 aromatic rings. The van der Waals surface area contributed by atoms with E-state index in [-0.39, 0.29) is 10.6 Å². The summed E-state index contributed by atoms with van der Waals surface area (Å²) < 4.78 is 0. The van der Waals surface area contributed by atoms with E-state index in [2.05, 4.69) is 11.6 Å². The van der Waals surface area contributed by atoms with Gasteiger partial charge in [-0.2, -0.15) is 11.8 Å². The Balaban J connectivity index is 2.35. The number of hydrogen-bond donors (Lipinski definition) is 1. The topological polar surface area (TPSA) is 55.2 Å². The van der Waals surface area contributed by atoms with Gasteiger partial charge in [0.15, 0.2) is 0 Å². The lowest BCUT2D eigenvalue weighted by atomic mass is 10.1. The molecule has 0 atom stereocenters. The molecule has 1 aromatic carbocycles. The van der Waals surface area contributed by atoms with Gasteiger partial charge in [-0.1, -0.05) is 18.0 Å². The summed E-state index contributed by atoms with van der Waals surface area (Å²) in [7, 11) is 0. The van der Waals surface area contributed by atoms with Crippen LogP contribution in [-0.2, 0) is 6.54 Å². The van der Waals surface area contributed by atoms with E-state index >= 15 is 0 Å². The van der Waals surface area contributed by atoms with Crippen molar-refractivity contribution in [2.24, 2.45) is 0 Å². The smallest absolute Gasteiger partial charge is 0.275 e. The van der Waals surface area contributed by atoms with Crippen LogP contribution in [0.3, 0.4) is 0 Å². The van der Waals surface area contributed by atoms with E-state index < -0.39 is 0 Å². The summed E-state index contributed by atoms with van der Waals surface area (Å²) in [4.78, 5) is 10.5. The van der Waals surface area contributed by atoms with Gasteiger partial charge in [-0.15, -0.1) is 0 Å². The molecule has 0 aliphatic rings. The SMILES string of the molecule is CSCCCCCNCc1ccc(Cl)cc1[N+](=O)[O-]. The maximum atomic E-state index is 10.9. The van der Waals surface area contributed by atoms with Crippen LogP contribution < -0.4 is 5.32 Å². The van der Waals surface area contributed by atoms with Gasteiger partial charge in [0, 0.05) is 23.2 Å². The van der Waals surface area contributed by atoms with Crippen LogP contribution in [0.25, 0.3) is 0 Å². The minimum atomic E-state index is -0.388. The zero-order chi connectivity index (χ0) is 14.1. The zero-order valence-corrected chi connectivity index (χ0v) is 12.6. The fourth-order valence-electron chi connectivity index (χ4n) is 1.75. The first-order chi connectivity index (χ1) is 9.15. The van der Waals surface area contributed by atoms with Crippen LogP contribution in [0.1, 0.15) is 24.8 Å². The van der Waals surface area contributed by atoms with Crippen LogP contribution in [0.4, 0.5) is 5.69 Å².